The fourth-order valence-corrected chi connectivity index (χ4v) is 3.43. The van der Waals surface area contributed by atoms with Crippen molar-refractivity contribution in [3.8, 4) is 0 Å². The largest absolute Gasteiger partial charge is 0.207 e. The van der Waals surface area contributed by atoms with E-state index in [0.29, 0.717) is 27.8 Å². The first-order chi connectivity index (χ1) is 8.60. The van der Waals surface area contributed by atoms with E-state index in [9.17, 15) is 4.39 Å². The Morgan fingerprint density at radius 1 is 1.22 bits per heavy atom. The van der Waals surface area contributed by atoms with Crippen LogP contribution < -0.4 is 0 Å². The second-order valence-electron chi connectivity index (χ2n) is 4.76. The van der Waals surface area contributed by atoms with Crippen LogP contribution in [0.25, 0.3) is 0 Å². The second kappa shape index (κ2) is 8.16. The van der Waals surface area contributed by atoms with E-state index in [0.717, 1.165) is 12.8 Å². The molecule has 1 aromatic carbocycles. The predicted octanol–water partition coefficient (Wildman–Crippen LogP) is 6.00. The first kappa shape index (κ1) is 16.0. The number of halogens is 3. The molecule has 18 heavy (non-hydrogen) atoms. The van der Waals surface area contributed by atoms with Gasteiger partial charge in [0, 0.05) is 15.4 Å². The Morgan fingerprint density at radius 3 is 2.33 bits per heavy atom. The van der Waals surface area contributed by atoms with Crippen LogP contribution in [0.15, 0.2) is 18.2 Å². The van der Waals surface area contributed by atoms with Gasteiger partial charge in [-0.2, -0.15) is 0 Å². The lowest BCUT2D eigenvalue weighted by atomic mass is 9.91. The van der Waals surface area contributed by atoms with Crippen LogP contribution in [0.5, 0.6) is 0 Å². The van der Waals surface area contributed by atoms with Gasteiger partial charge in [0.15, 0.2) is 0 Å². The van der Waals surface area contributed by atoms with Crippen LogP contribution in [0, 0.1) is 11.7 Å². The quantitative estimate of drug-likeness (QED) is 0.536. The zero-order chi connectivity index (χ0) is 13.5. The van der Waals surface area contributed by atoms with E-state index in [4.69, 9.17) is 11.6 Å². The van der Waals surface area contributed by atoms with Crippen molar-refractivity contribution in [3.05, 3.63) is 34.6 Å². The van der Waals surface area contributed by atoms with Crippen LogP contribution in [0.4, 0.5) is 4.39 Å². The summed E-state index contributed by atoms with van der Waals surface area (Å²) in [5.74, 6) is 0.398. The van der Waals surface area contributed by atoms with Gasteiger partial charge >= 0.3 is 0 Å². The first-order valence-corrected chi connectivity index (χ1v) is 7.96. The summed E-state index contributed by atoms with van der Waals surface area (Å²) in [4.78, 5) is 0.298. The SMILES string of the molecule is CCCC(CCC)C(Br)Cc1c(F)cccc1Cl. The van der Waals surface area contributed by atoms with Crippen LogP contribution in [-0.2, 0) is 6.42 Å². The van der Waals surface area contributed by atoms with Gasteiger partial charge in [0.1, 0.15) is 5.82 Å². The molecule has 0 amide bonds. The van der Waals surface area contributed by atoms with Crippen LogP contribution in [-0.4, -0.2) is 4.83 Å². The van der Waals surface area contributed by atoms with E-state index >= 15 is 0 Å². The minimum Gasteiger partial charge on any atom is -0.207 e. The van der Waals surface area contributed by atoms with E-state index in [1.54, 1.807) is 12.1 Å². The third-order valence-corrected chi connectivity index (χ3v) is 4.72. The summed E-state index contributed by atoms with van der Waals surface area (Å²) in [5, 5.41) is 0.534. The summed E-state index contributed by atoms with van der Waals surface area (Å²) in [6.07, 6.45) is 5.34. The Labute approximate surface area is 123 Å². The standard InChI is InChI=1S/C15H21BrClF/c1-3-6-11(7-4-2)13(16)10-12-14(17)8-5-9-15(12)18/h5,8-9,11,13H,3-4,6-7,10H2,1-2H3. The molecular weight excluding hydrogens is 315 g/mol. The molecule has 0 saturated heterocycles. The predicted molar refractivity (Wildman–Crippen MR) is 81.1 cm³/mol. The Hall–Kier alpha value is -0.0800. The number of hydrogen-bond acceptors (Lipinski definition) is 0. The summed E-state index contributed by atoms with van der Waals surface area (Å²) >= 11 is 9.80. The average molecular weight is 336 g/mol. The number of benzene rings is 1. The van der Waals surface area contributed by atoms with Crippen molar-refractivity contribution in [2.24, 2.45) is 5.92 Å². The van der Waals surface area contributed by atoms with Crippen LogP contribution in [0.2, 0.25) is 5.02 Å². The van der Waals surface area contributed by atoms with Gasteiger partial charge in [0.25, 0.3) is 0 Å². The van der Waals surface area contributed by atoms with Crippen molar-refractivity contribution in [1.82, 2.24) is 0 Å². The molecule has 1 atom stereocenters. The molecule has 1 rings (SSSR count). The zero-order valence-electron chi connectivity index (χ0n) is 11.1. The smallest absolute Gasteiger partial charge is 0.127 e. The lowest BCUT2D eigenvalue weighted by Gasteiger charge is -2.22. The van der Waals surface area contributed by atoms with Crippen molar-refractivity contribution < 1.29 is 4.39 Å². The zero-order valence-corrected chi connectivity index (χ0v) is 13.4. The third-order valence-electron chi connectivity index (χ3n) is 3.29. The van der Waals surface area contributed by atoms with Crippen molar-refractivity contribution in [2.45, 2.75) is 50.8 Å². The Bertz CT molecular complexity index is 341. The molecular formula is C15H21BrClF. The van der Waals surface area contributed by atoms with E-state index < -0.39 is 0 Å². The second-order valence-corrected chi connectivity index (χ2v) is 6.34. The monoisotopic (exact) mass is 334 g/mol. The van der Waals surface area contributed by atoms with E-state index in [1.165, 1.54) is 18.9 Å². The topological polar surface area (TPSA) is 0 Å². The first-order valence-electron chi connectivity index (χ1n) is 6.67. The number of alkyl halides is 1. The molecule has 3 heteroatoms. The van der Waals surface area contributed by atoms with Crippen LogP contribution in [0.3, 0.4) is 0 Å². The molecule has 1 aromatic rings. The van der Waals surface area contributed by atoms with E-state index in [1.807, 2.05) is 0 Å². The summed E-state index contributed by atoms with van der Waals surface area (Å²) in [6, 6.07) is 4.89. The molecule has 0 saturated carbocycles. The number of rotatable bonds is 7. The minimum absolute atomic E-state index is 0.196. The van der Waals surface area contributed by atoms with Crippen molar-refractivity contribution in [1.29, 1.82) is 0 Å². The van der Waals surface area contributed by atoms with Gasteiger partial charge in [-0.25, -0.2) is 4.39 Å². The molecule has 0 N–H and O–H groups in total. The highest BCUT2D eigenvalue weighted by Crippen LogP contribution is 2.30. The van der Waals surface area contributed by atoms with Crippen molar-refractivity contribution >= 4 is 27.5 Å². The van der Waals surface area contributed by atoms with Gasteiger partial charge < -0.3 is 0 Å². The summed E-state index contributed by atoms with van der Waals surface area (Å²) in [7, 11) is 0. The highest BCUT2D eigenvalue weighted by Gasteiger charge is 2.20. The maximum Gasteiger partial charge on any atom is 0.127 e. The van der Waals surface area contributed by atoms with E-state index in [2.05, 4.69) is 29.8 Å². The molecule has 0 heterocycles. The fourth-order valence-electron chi connectivity index (χ4n) is 2.34. The molecule has 0 fully saturated rings. The molecule has 0 spiro atoms. The van der Waals surface area contributed by atoms with Gasteiger partial charge in [0.05, 0.1) is 0 Å². The van der Waals surface area contributed by atoms with Crippen molar-refractivity contribution in [2.75, 3.05) is 0 Å². The Kier molecular flexibility index (Phi) is 7.25. The maximum atomic E-state index is 13.7. The third kappa shape index (κ3) is 4.55. The fraction of sp³-hybridized carbons (Fsp3) is 0.600. The average Bonchev–Trinajstić information content (AvgIpc) is 2.33. The summed E-state index contributed by atoms with van der Waals surface area (Å²) in [6.45, 7) is 4.39. The van der Waals surface area contributed by atoms with Crippen LogP contribution >= 0.6 is 27.5 Å². The molecule has 102 valence electrons. The lowest BCUT2D eigenvalue weighted by Crippen LogP contribution is -2.18. The molecule has 0 bridgehead atoms. The molecule has 0 aliphatic rings. The molecule has 0 radical (unpaired) electrons. The number of hydrogen-bond donors (Lipinski definition) is 0. The van der Waals surface area contributed by atoms with E-state index in [-0.39, 0.29) is 5.82 Å². The van der Waals surface area contributed by atoms with Gasteiger partial charge in [0.2, 0.25) is 0 Å². The Balaban J connectivity index is 2.75. The van der Waals surface area contributed by atoms with Gasteiger partial charge in [-0.1, -0.05) is 60.3 Å². The minimum atomic E-state index is -0.196. The normalized spacial score (nSPS) is 13.0. The summed E-state index contributed by atoms with van der Waals surface area (Å²) < 4.78 is 13.7. The molecule has 0 aromatic heterocycles. The van der Waals surface area contributed by atoms with Gasteiger partial charge in [-0.3, -0.25) is 0 Å². The van der Waals surface area contributed by atoms with Crippen LogP contribution in [0.1, 0.15) is 45.1 Å². The molecule has 1 unspecified atom stereocenters. The molecule has 0 aliphatic carbocycles. The highest BCUT2D eigenvalue weighted by molar-refractivity contribution is 9.09. The maximum absolute atomic E-state index is 13.7. The highest BCUT2D eigenvalue weighted by atomic mass is 79.9. The summed E-state index contributed by atoms with van der Waals surface area (Å²) in [5.41, 5.74) is 0.637. The lowest BCUT2D eigenvalue weighted by molar-refractivity contribution is 0.424. The van der Waals surface area contributed by atoms with Crippen molar-refractivity contribution in [3.63, 3.8) is 0 Å². The Morgan fingerprint density at radius 2 is 1.83 bits per heavy atom. The molecule has 0 nitrogen and oxygen atoms in total. The van der Waals surface area contributed by atoms with Gasteiger partial charge in [-0.05, 0) is 37.3 Å². The van der Waals surface area contributed by atoms with Gasteiger partial charge in [-0.15, -0.1) is 0 Å². The molecule has 0 aliphatic heterocycles.